The van der Waals surface area contributed by atoms with E-state index in [0.717, 1.165) is 25.9 Å². The van der Waals surface area contributed by atoms with Crippen LogP contribution in [0.15, 0.2) is 0 Å². The van der Waals surface area contributed by atoms with Gasteiger partial charge in [0.1, 0.15) is 0 Å². The van der Waals surface area contributed by atoms with Gasteiger partial charge in [-0.2, -0.15) is 0 Å². The van der Waals surface area contributed by atoms with Gasteiger partial charge in [-0.3, -0.25) is 4.79 Å². The minimum atomic E-state index is -0.147. The second-order valence-corrected chi connectivity index (χ2v) is 5.80. The number of amides is 1. The van der Waals surface area contributed by atoms with E-state index in [1.54, 1.807) is 7.11 Å². The average Bonchev–Trinajstić information content (AvgIpc) is 2.50. The Bertz CT molecular complexity index is 231. The van der Waals surface area contributed by atoms with Crippen LogP contribution in [-0.2, 0) is 9.53 Å². The zero-order chi connectivity index (χ0) is 15.9. The summed E-state index contributed by atoms with van der Waals surface area (Å²) in [6.07, 6.45) is 9.84. The van der Waals surface area contributed by atoms with Crippen LogP contribution in [0.1, 0.15) is 71.6 Å². The fourth-order valence-electron chi connectivity index (χ4n) is 2.41. The van der Waals surface area contributed by atoms with Gasteiger partial charge >= 0.3 is 0 Å². The second-order valence-electron chi connectivity index (χ2n) is 5.80. The SMILES string of the molecule is CCCCCCN(CCCCCC)C(=O)CC(CN)OC. The van der Waals surface area contributed by atoms with Gasteiger partial charge in [0, 0.05) is 26.7 Å². The van der Waals surface area contributed by atoms with Crippen LogP contribution < -0.4 is 5.73 Å². The molecule has 4 heteroatoms. The highest BCUT2D eigenvalue weighted by Gasteiger charge is 2.17. The summed E-state index contributed by atoms with van der Waals surface area (Å²) in [5.74, 6) is 0.195. The topological polar surface area (TPSA) is 55.6 Å². The van der Waals surface area contributed by atoms with Gasteiger partial charge in [0.25, 0.3) is 0 Å². The zero-order valence-electron chi connectivity index (χ0n) is 14.4. The average molecular weight is 300 g/mol. The molecule has 21 heavy (non-hydrogen) atoms. The molecule has 0 aliphatic rings. The van der Waals surface area contributed by atoms with Crippen LogP contribution in [0, 0.1) is 0 Å². The molecule has 0 fully saturated rings. The van der Waals surface area contributed by atoms with Crippen molar-refractivity contribution in [3.63, 3.8) is 0 Å². The molecule has 0 spiro atoms. The summed E-state index contributed by atoms with van der Waals surface area (Å²) in [5, 5.41) is 0. The molecule has 0 aromatic heterocycles. The normalized spacial score (nSPS) is 12.4. The molecule has 0 aliphatic heterocycles. The van der Waals surface area contributed by atoms with Crippen molar-refractivity contribution in [2.45, 2.75) is 77.7 Å². The van der Waals surface area contributed by atoms with E-state index in [-0.39, 0.29) is 12.0 Å². The molecule has 0 aromatic carbocycles. The van der Waals surface area contributed by atoms with Crippen LogP contribution in [-0.4, -0.2) is 43.7 Å². The lowest BCUT2D eigenvalue weighted by Crippen LogP contribution is -2.37. The Morgan fingerprint density at radius 2 is 1.52 bits per heavy atom. The van der Waals surface area contributed by atoms with Gasteiger partial charge in [0.15, 0.2) is 0 Å². The van der Waals surface area contributed by atoms with Gasteiger partial charge in [-0.1, -0.05) is 52.4 Å². The molecule has 2 N–H and O–H groups in total. The van der Waals surface area contributed by atoms with Crippen molar-refractivity contribution in [3.8, 4) is 0 Å². The summed E-state index contributed by atoms with van der Waals surface area (Å²) in [6, 6.07) is 0. The molecule has 0 saturated heterocycles. The Hall–Kier alpha value is -0.610. The first kappa shape index (κ1) is 20.4. The zero-order valence-corrected chi connectivity index (χ0v) is 14.4. The fraction of sp³-hybridized carbons (Fsp3) is 0.941. The Kier molecular flexibility index (Phi) is 13.9. The van der Waals surface area contributed by atoms with Crippen LogP contribution in [0.5, 0.6) is 0 Å². The number of carbonyl (C=O) groups is 1. The summed E-state index contributed by atoms with van der Waals surface area (Å²) in [4.78, 5) is 14.4. The van der Waals surface area contributed by atoms with Gasteiger partial charge < -0.3 is 15.4 Å². The molecular formula is C17H36N2O2. The fourth-order valence-corrected chi connectivity index (χ4v) is 2.41. The Morgan fingerprint density at radius 1 is 1.00 bits per heavy atom. The minimum Gasteiger partial charge on any atom is -0.380 e. The highest BCUT2D eigenvalue weighted by atomic mass is 16.5. The summed E-state index contributed by atoms with van der Waals surface area (Å²) in [6.45, 7) is 6.58. The van der Waals surface area contributed by atoms with Crippen molar-refractivity contribution in [3.05, 3.63) is 0 Å². The van der Waals surface area contributed by atoms with E-state index in [0.29, 0.717) is 13.0 Å². The monoisotopic (exact) mass is 300 g/mol. The van der Waals surface area contributed by atoms with E-state index in [9.17, 15) is 4.79 Å². The standard InChI is InChI=1S/C17H36N2O2/c1-4-6-8-10-12-19(13-11-9-7-5-2)17(20)14-16(15-18)21-3/h16H,4-15,18H2,1-3H3. The molecule has 0 bridgehead atoms. The molecule has 1 amide bonds. The molecule has 126 valence electrons. The molecule has 0 heterocycles. The highest BCUT2D eigenvalue weighted by Crippen LogP contribution is 2.08. The maximum absolute atomic E-state index is 12.4. The van der Waals surface area contributed by atoms with Crippen molar-refractivity contribution in [1.82, 2.24) is 4.90 Å². The van der Waals surface area contributed by atoms with Crippen LogP contribution in [0.25, 0.3) is 0 Å². The summed E-state index contributed by atoms with van der Waals surface area (Å²) < 4.78 is 5.23. The van der Waals surface area contributed by atoms with Crippen molar-refractivity contribution >= 4 is 5.91 Å². The van der Waals surface area contributed by atoms with Crippen LogP contribution in [0.2, 0.25) is 0 Å². The number of carbonyl (C=O) groups excluding carboxylic acids is 1. The summed E-state index contributed by atoms with van der Waals surface area (Å²) in [5.41, 5.74) is 5.62. The smallest absolute Gasteiger partial charge is 0.225 e. The first-order valence-electron chi connectivity index (χ1n) is 8.70. The number of hydrogen-bond acceptors (Lipinski definition) is 3. The van der Waals surface area contributed by atoms with E-state index in [1.807, 2.05) is 4.90 Å². The van der Waals surface area contributed by atoms with E-state index in [4.69, 9.17) is 10.5 Å². The van der Waals surface area contributed by atoms with Gasteiger partial charge in [-0.15, -0.1) is 0 Å². The molecule has 0 radical (unpaired) electrons. The number of hydrogen-bond donors (Lipinski definition) is 1. The molecule has 0 saturated carbocycles. The molecule has 1 unspecified atom stereocenters. The molecule has 1 atom stereocenters. The predicted molar refractivity (Wildman–Crippen MR) is 89.3 cm³/mol. The Morgan fingerprint density at radius 3 is 1.90 bits per heavy atom. The van der Waals surface area contributed by atoms with Gasteiger partial charge in [-0.25, -0.2) is 0 Å². The van der Waals surface area contributed by atoms with Crippen LogP contribution in [0.4, 0.5) is 0 Å². The first-order valence-corrected chi connectivity index (χ1v) is 8.70. The quantitative estimate of drug-likeness (QED) is 0.501. The molecule has 4 nitrogen and oxygen atoms in total. The highest BCUT2D eigenvalue weighted by molar-refractivity contribution is 5.76. The number of nitrogens with zero attached hydrogens (tertiary/aromatic N) is 1. The van der Waals surface area contributed by atoms with E-state index < -0.39 is 0 Å². The molecule has 0 rings (SSSR count). The van der Waals surface area contributed by atoms with E-state index >= 15 is 0 Å². The second kappa shape index (κ2) is 14.3. The van der Waals surface area contributed by atoms with E-state index in [2.05, 4.69) is 13.8 Å². The largest absolute Gasteiger partial charge is 0.380 e. The predicted octanol–water partition coefficient (Wildman–Crippen LogP) is 3.34. The molecular weight excluding hydrogens is 264 g/mol. The summed E-state index contributed by atoms with van der Waals surface area (Å²) >= 11 is 0. The van der Waals surface area contributed by atoms with Crippen LogP contribution in [0.3, 0.4) is 0 Å². The number of nitrogens with two attached hydrogens (primary N) is 1. The van der Waals surface area contributed by atoms with Crippen molar-refractivity contribution < 1.29 is 9.53 Å². The Labute approximate surface area is 131 Å². The lowest BCUT2D eigenvalue weighted by atomic mass is 10.1. The third-order valence-corrected chi connectivity index (χ3v) is 3.91. The lowest BCUT2D eigenvalue weighted by molar-refractivity contribution is -0.133. The van der Waals surface area contributed by atoms with Crippen molar-refractivity contribution in [1.29, 1.82) is 0 Å². The van der Waals surface area contributed by atoms with Crippen molar-refractivity contribution in [2.24, 2.45) is 5.73 Å². The van der Waals surface area contributed by atoms with Gasteiger partial charge in [0.2, 0.25) is 5.91 Å². The van der Waals surface area contributed by atoms with Crippen LogP contribution >= 0.6 is 0 Å². The summed E-state index contributed by atoms with van der Waals surface area (Å²) in [7, 11) is 1.62. The van der Waals surface area contributed by atoms with Gasteiger partial charge in [-0.05, 0) is 12.8 Å². The third kappa shape index (κ3) is 10.7. The third-order valence-electron chi connectivity index (χ3n) is 3.91. The van der Waals surface area contributed by atoms with Crippen molar-refractivity contribution in [2.75, 3.05) is 26.7 Å². The number of ether oxygens (including phenoxy) is 1. The minimum absolute atomic E-state index is 0.147. The number of rotatable bonds is 14. The Balaban J connectivity index is 4.22. The number of unbranched alkanes of at least 4 members (excludes halogenated alkanes) is 6. The molecule has 0 aromatic rings. The molecule has 0 aliphatic carbocycles. The van der Waals surface area contributed by atoms with E-state index in [1.165, 1.54) is 38.5 Å². The lowest BCUT2D eigenvalue weighted by Gasteiger charge is -2.24. The number of methoxy groups -OCH3 is 1. The maximum atomic E-state index is 12.4. The first-order chi connectivity index (χ1) is 10.2. The maximum Gasteiger partial charge on any atom is 0.225 e. The van der Waals surface area contributed by atoms with Gasteiger partial charge in [0.05, 0.1) is 12.5 Å².